The van der Waals surface area contributed by atoms with Crippen molar-refractivity contribution in [1.29, 1.82) is 0 Å². The molecule has 1 atom stereocenters. The Morgan fingerprint density at radius 1 is 1.22 bits per heavy atom. The summed E-state index contributed by atoms with van der Waals surface area (Å²) in [5.74, 6) is 0. The number of hydrogen-bond donors (Lipinski definition) is 1. The highest BCUT2D eigenvalue weighted by molar-refractivity contribution is 4.92. The lowest BCUT2D eigenvalue weighted by molar-refractivity contribution is 0.593. The molecule has 52 valence electrons. The fourth-order valence-electron chi connectivity index (χ4n) is 1.19. The van der Waals surface area contributed by atoms with E-state index < -0.39 is 0 Å². The minimum absolute atomic E-state index is 0.338. The van der Waals surface area contributed by atoms with E-state index in [-0.39, 0.29) is 0 Å². The highest BCUT2D eigenvalue weighted by Crippen LogP contribution is 2.09. The Balaban J connectivity index is 2.30. The highest BCUT2D eigenvalue weighted by atomic mass is 14.6. The van der Waals surface area contributed by atoms with E-state index in [0.717, 1.165) is 0 Å². The fraction of sp³-hybridized carbons (Fsp3) is 0.750. The van der Waals surface area contributed by atoms with Crippen LogP contribution in [-0.2, 0) is 0 Å². The average Bonchev–Trinajstić information content (AvgIpc) is 1.79. The summed E-state index contributed by atoms with van der Waals surface area (Å²) in [5.41, 5.74) is 5.72. The molecule has 0 fully saturated rings. The van der Waals surface area contributed by atoms with Crippen molar-refractivity contribution in [2.75, 3.05) is 0 Å². The first-order chi connectivity index (χ1) is 4.39. The molecule has 0 spiro atoms. The van der Waals surface area contributed by atoms with Crippen molar-refractivity contribution in [3.63, 3.8) is 0 Å². The minimum atomic E-state index is 0.338. The topological polar surface area (TPSA) is 26.0 Å². The minimum Gasteiger partial charge on any atom is -0.324 e. The van der Waals surface area contributed by atoms with E-state index in [9.17, 15) is 0 Å². The van der Waals surface area contributed by atoms with E-state index >= 15 is 0 Å². The van der Waals surface area contributed by atoms with Crippen molar-refractivity contribution < 1.29 is 0 Å². The Labute approximate surface area is 56.9 Å². The van der Waals surface area contributed by atoms with E-state index in [0.29, 0.717) is 6.04 Å². The highest BCUT2D eigenvalue weighted by Gasteiger charge is 1.98. The van der Waals surface area contributed by atoms with Gasteiger partial charge in [0, 0.05) is 6.04 Å². The zero-order valence-corrected chi connectivity index (χ0v) is 5.84. The van der Waals surface area contributed by atoms with Crippen LogP contribution in [0.5, 0.6) is 0 Å². The van der Waals surface area contributed by atoms with Crippen molar-refractivity contribution >= 4 is 0 Å². The molecule has 0 saturated heterocycles. The zero-order chi connectivity index (χ0) is 6.53. The summed E-state index contributed by atoms with van der Waals surface area (Å²) in [4.78, 5) is 0. The average molecular weight is 125 g/mol. The molecule has 0 saturated carbocycles. The molecule has 1 heteroatoms. The number of allylic oxidation sites excluding steroid dienone is 1. The first-order valence-electron chi connectivity index (χ1n) is 3.82. The standard InChI is InChI=1S/C8H15N/c9-8-6-4-2-1-3-5-7-8/h4,6,8H,1-3,5,7,9H2/t8-/m0/s1. The normalized spacial score (nSPS) is 29.2. The van der Waals surface area contributed by atoms with Gasteiger partial charge in [0.25, 0.3) is 0 Å². The van der Waals surface area contributed by atoms with Crippen LogP contribution in [0.25, 0.3) is 0 Å². The molecule has 0 aromatic heterocycles. The summed E-state index contributed by atoms with van der Waals surface area (Å²) >= 11 is 0. The predicted octanol–water partition coefficient (Wildman–Crippen LogP) is 1.83. The molecule has 0 radical (unpaired) electrons. The summed E-state index contributed by atoms with van der Waals surface area (Å²) in [7, 11) is 0. The van der Waals surface area contributed by atoms with Crippen LogP contribution in [0, 0.1) is 0 Å². The molecule has 2 N–H and O–H groups in total. The molecular weight excluding hydrogens is 110 g/mol. The van der Waals surface area contributed by atoms with Gasteiger partial charge in [0.2, 0.25) is 0 Å². The van der Waals surface area contributed by atoms with Gasteiger partial charge >= 0.3 is 0 Å². The maximum atomic E-state index is 5.72. The first kappa shape index (κ1) is 6.81. The summed E-state index contributed by atoms with van der Waals surface area (Å²) in [6.45, 7) is 0. The van der Waals surface area contributed by atoms with Gasteiger partial charge in [0.1, 0.15) is 0 Å². The molecule has 0 aromatic carbocycles. The fourth-order valence-corrected chi connectivity index (χ4v) is 1.19. The summed E-state index contributed by atoms with van der Waals surface area (Å²) in [5, 5.41) is 0. The van der Waals surface area contributed by atoms with Gasteiger partial charge in [-0.25, -0.2) is 0 Å². The lowest BCUT2D eigenvalue weighted by atomic mass is 10.0. The quantitative estimate of drug-likeness (QED) is 0.491. The Hall–Kier alpha value is -0.300. The molecule has 0 unspecified atom stereocenters. The second kappa shape index (κ2) is 3.67. The number of hydrogen-bond acceptors (Lipinski definition) is 1. The van der Waals surface area contributed by atoms with Crippen molar-refractivity contribution in [3.8, 4) is 0 Å². The molecule has 1 aliphatic rings. The maximum Gasteiger partial charge on any atom is 0.0223 e. The van der Waals surface area contributed by atoms with Crippen molar-refractivity contribution in [2.45, 2.75) is 38.1 Å². The van der Waals surface area contributed by atoms with Gasteiger partial charge < -0.3 is 5.73 Å². The van der Waals surface area contributed by atoms with Gasteiger partial charge in [-0.3, -0.25) is 0 Å². The largest absolute Gasteiger partial charge is 0.324 e. The van der Waals surface area contributed by atoms with Crippen molar-refractivity contribution in [1.82, 2.24) is 0 Å². The molecule has 9 heavy (non-hydrogen) atoms. The second-order valence-electron chi connectivity index (χ2n) is 2.73. The molecule has 1 aliphatic carbocycles. The maximum absolute atomic E-state index is 5.72. The lowest BCUT2D eigenvalue weighted by Crippen LogP contribution is -2.16. The Morgan fingerprint density at radius 2 is 2.11 bits per heavy atom. The van der Waals surface area contributed by atoms with Crippen molar-refractivity contribution in [3.05, 3.63) is 12.2 Å². The molecule has 1 nitrogen and oxygen atoms in total. The third-order valence-corrected chi connectivity index (χ3v) is 1.79. The van der Waals surface area contributed by atoms with Gasteiger partial charge in [-0.2, -0.15) is 0 Å². The Bertz CT molecular complexity index is 96.7. The van der Waals surface area contributed by atoms with E-state index in [2.05, 4.69) is 12.2 Å². The van der Waals surface area contributed by atoms with Crippen LogP contribution in [-0.4, -0.2) is 6.04 Å². The van der Waals surface area contributed by atoms with E-state index in [4.69, 9.17) is 5.73 Å². The number of rotatable bonds is 0. The predicted molar refractivity (Wildman–Crippen MR) is 40.2 cm³/mol. The SMILES string of the molecule is N[C@H]1C=CCCCCC1. The summed E-state index contributed by atoms with van der Waals surface area (Å²) < 4.78 is 0. The van der Waals surface area contributed by atoms with Gasteiger partial charge in [0.05, 0.1) is 0 Å². The van der Waals surface area contributed by atoms with E-state index in [1.807, 2.05) is 0 Å². The van der Waals surface area contributed by atoms with Crippen molar-refractivity contribution in [2.24, 2.45) is 5.73 Å². The van der Waals surface area contributed by atoms with Gasteiger partial charge in [-0.1, -0.05) is 25.0 Å². The molecule has 0 aromatic rings. The number of nitrogens with two attached hydrogens (primary N) is 1. The van der Waals surface area contributed by atoms with E-state index in [1.165, 1.54) is 32.1 Å². The molecule has 0 heterocycles. The second-order valence-corrected chi connectivity index (χ2v) is 2.73. The van der Waals surface area contributed by atoms with Crippen LogP contribution in [0.2, 0.25) is 0 Å². The molecule has 0 bridgehead atoms. The zero-order valence-electron chi connectivity index (χ0n) is 5.84. The first-order valence-corrected chi connectivity index (χ1v) is 3.82. The van der Waals surface area contributed by atoms with Crippen LogP contribution < -0.4 is 5.73 Å². The van der Waals surface area contributed by atoms with Gasteiger partial charge in [0.15, 0.2) is 0 Å². The third-order valence-electron chi connectivity index (χ3n) is 1.79. The molecule has 0 amide bonds. The lowest BCUT2D eigenvalue weighted by Gasteiger charge is -2.08. The van der Waals surface area contributed by atoms with E-state index in [1.54, 1.807) is 0 Å². The summed E-state index contributed by atoms with van der Waals surface area (Å²) in [6, 6.07) is 0.338. The smallest absolute Gasteiger partial charge is 0.0223 e. The van der Waals surface area contributed by atoms with Crippen LogP contribution in [0.3, 0.4) is 0 Å². The van der Waals surface area contributed by atoms with Gasteiger partial charge in [-0.15, -0.1) is 0 Å². The summed E-state index contributed by atoms with van der Waals surface area (Å²) in [6.07, 6.45) is 10.8. The van der Waals surface area contributed by atoms with Gasteiger partial charge in [-0.05, 0) is 19.3 Å². The molecule has 0 aliphatic heterocycles. The van der Waals surface area contributed by atoms with Crippen LogP contribution in [0.4, 0.5) is 0 Å². The van der Waals surface area contributed by atoms with Crippen LogP contribution in [0.1, 0.15) is 32.1 Å². The molecule has 1 rings (SSSR count). The Kier molecular flexibility index (Phi) is 2.78. The van der Waals surface area contributed by atoms with Crippen LogP contribution >= 0.6 is 0 Å². The monoisotopic (exact) mass is 125 g/mol. The van der Waals surface area contributed by atoms with Crippen LogP contribution in [0.15, 0.2) is 12.2 Å². The third kappa shape index (κ3) is 2.66. The molecular formula is C8H15N. The Morgan fingerprint density at radius 3 is 3.00 bits per heavy atom.